The summed E-state index contributed by atoms with van der Waals surface area (Å²) in [6.07, 6.45) is -0.112. The van der Waals surface area contributed by atoms with E-state index >= 15 is 0 Å². The number of carbonyl (C=O) groups is 2. The Hall–Kier alpha value is -1.03. The maximum atomic E-state index is 10.9. The van der Waals surface area contributed by atoms with Crippen LogP contribution in [0.5, 0.6) is 0 Å². The van der Waals surface area contributed by atoms with Crippen molar-refractivity contribution < 1.29 is 19.1 Å². The van der Waals surface area contributed by atoms with Crippen LogP contribution in [0.4, 0.5) is 0 Å². The Morgan fingerprint density at radius 1 is 1.23 bits per heavy atom. The van der Waals surface area contributed by atoms with Crippen LogP contribution in [0.3, 0.4) is 0 Å². The highest BCUT2D eigenvalue weighted by Crippen LogP contribution is 2.15. The van der Waals surface area contributed by atoms with Gasteiger partial charge in [-0.05, 0) is 6.92 Å². The largest absolute Gasteiger partial charge is 0.469 e. The molecule has 0 heterocycles. The predicted molar refractivity (Wildman–Crippen MR) is 47.2 cm³/mol. The average Bonchev–Trinajstić information content (AvgIpc) is 2.14. The molecule has 0 radical (unpaired) electrons. The molecule has 0 aliphatic heterocycles. The fraction of sp³-hybridized carbons (Fsp3) is 0.500. The van der Waals surface area contributed by atoms with Crippen molar-refractivity contribution in [1.29, 1.82) is 0 Å². The van der Waals surface area contributed by atoms with Crippen LogP contribution >= 0.6 is 11.6 Å². The zero-order chi connectivity index (χ0) is 10.4. The molecule has 0 spiro atoms. The quantitative estimate of drug-likeness (QED) is 0.515. The van der Waals surface area contributed by atoms with Crippen LogP contribution in [0.1, 0.15) is 13.3 Å². The van der Waals surface area contributed by atoms with Crippen LogP contribution in [0.25, 0.3) is 0 Å². The lowest BCUT2D eigenvalue weighted by molar-refractivity contribution is -0.139. The standard InChI is InChI=1S/C8H11ClO4/c1-5(8(11)13-3)6(9)4-7(10)12-2/h4H2,1-3H3/b6-5-. The Labute approximate surface area is 81.5 Å². The van der Waals surface area contributed by atoms with E-state index in [0.29, 0.717) is 0 Å². The van der Waals surface area contributed by atoms with E-state index in [-0.39, 0.29) is 17.0 Å². The molecule has 0 aromatic carbocycles. The summed E-state index contributed by atoms with van der Waals surface area (Å²) in [6, 6.07) is 0. The molecule has 5 heteroatoms. The molecule has 0 N–H and O–H groups in total. The number of rotatable bonds is 3. The first-order chi connectivity index (χ1) is 6.02. The molecule has 0 atom stereocenters. The molecule has 0 rings (SSSR count). The van der Waals surface area contributed by atoms with Crippen LogP contribution in [0.2, 0.25) is 0 Å². The van der Waals surface area contributed by atoms with Gasteiger partial charge in [-0.3, -0.25) is 4.79 Å². The van der Waals surface area contributed by atoms with E-state index in [9.17, 15) is 9.59 Å². The molecule has 0 unspecified atom stereocenters. The number of esters is 2. The van der Waals surface area contributed by atoms with E-state index in [1.54, 1.807) is 0 Å². The zero-order valence-corrected chi connectivity index (χ0v) is 8.47. The summed E-state index contributed by atoms with van der Waals surface area (Å²) in [5.41, 5.74) is 0.217. The third-order valence-corrected chi connectivity index (χ3v) is 1.84. The lowest BCUT2D eigenvalue weighted by Gasteiger charge is -2.02. The van der Waals surface area contributed by atoms with Gasteiger partial charge in [0.2, 0.25) is 0 Å². The van der Waals surface area contributed by atoms with Crippen LogP contribution in [-0.2, 0) is 19.1 Å². The summed E-state index contributed by atoms with van der Waals surface area (Å²) < 4.78 is 8.79. The Balaban J connectivity index is 4.44. The number of hydrogen-bond acceptors (Lipinski definition) is 4. The molecule has 0 aromatic heterocycles. The summed E-state index contributed by atoms with van der Waals surface area (Å²) in [7, 11) is 2.49. The van der Waals surface area contributed by atoms with Crippen molar-refractivity contribution in [3.05, 3.63) is 10.6 Å². The first kappa shape index (κ1) is 12.0. The fourth-order valence-electron chi connectivity index (χ4n) is 0.595. The molecular formula is C8H11ClO4. The van der Waals surface area contributed by atoms with E-state index in [2.05, 4.69) is 9.47 Å². The SMILES string of the molecule is COC(=O)C/C(Cl)=C(\C)C(=O)OC. The van der Waals surface area contributed by atoms with Gasteiger partial charge in [-0.15, -0.1) is 0 Å². The van der Waals surface area contributed by atoms with Gasteiger partial charge in [0, 0.05) is 10.6 Å². The van der Waals surface area contributed by atoms with Crippen molar-refractivity contribution in [1.82, 2.24) is 0 Å². The molecule has 0 aliphatic carbocycles. The van der Waals surface area contributed by atoms with Crippen molar-refractivity contribution >= 4 is 23.5 Å². The number of methoxy groups -OCH3 is 2. The van der Waals surface area contributed by atoms with E-state index < -0.39 is 11.9 Å². The van der Waals surface area contributed by atoms with Crippen LogP contribution in [-0.4, -0.2) is 26.2 Å². The summed E-state index contributed by atoms with van der Waals surface area (Å²) in [4.78, 5) is 21.7. The summed E-state index contributed by atoms with van der Waals surface area (Å²) >= 11 is 5.66. The van der Waals surface area contributed by atoms with Crippen LogP contribution in [0, 0.1) is 0 Å². The van der Waals surface area contributed by atoms with Gasteiger partial charge in [0.05, 0.1) is 20.6 Å². The molecule has 0 bridgehead atoms. The van der Waals surface area contributed by atoms with Crippen molar-refractivity contribution in [2.24, 2.45) is 0 Å². The van der Waals surface area contributed by atoms with Crippen LogP contribution < -0.4 is 0 Å². The Kier molecular flexibility index (Phi) is 5.14. The van der Waals surface area contributed by atoms with Gasteiger partial charge in [0.25, 0.3) is 0 Å². The molecule has 13 heavy (non-hydrogen) atoms. The van der Waals surface area contributed by atoms with Crippen molar-refractivity contribution in [3.8, 4) is 0 Å². The topological polar surface area (TPSA) is 52.6 Å². The van der Waals surface area contributed by atoms with Crippen molar-refractivity contribution in [3.63, 3.8) is 0 Å². The van der Waals surface area contributed by atoms with Crippen molar-refractivity contribution in [2.75, 3.05) is 14.2 Å². The first-order valence-electron chi connectivity index (χ1n) is 3.53. The van der Waals surface area contributed by atoms with Gasteiger partial charge in [-0.2, -0.15) is 0 Å². The van der Waals surface area contributed by atoms with Gasteiger partial charge >= 0.3 is 11.9 Å². The van der Waals surface area contributed by atoms with E-state index in [1.807, 2.05) is 0 Å². The van der Waals surface area contributed by atoms with Gasteiger partial charge in [0.15, 0.2) is 0 Å². The second-order valence-electron chi connectivity index (χ2n) is 2.27. The van der Waals surface area contributed by atoms with E-state index in [1.165, 1.54) is 21.1 Å². The fourth-order valence-corrected chi connectivity index (χ4v) is 0.782. The molecule has 0 saturated carbocycles. The minimum atomic E-state index is -0.547. The summed E-state index contributed by atoms with van der Waals surface area (Å²) in [5, 5.41) is 0.138. The molecule has 4 nitrogen and oxygen atoms in total. The average molecular weight is 207 g/mol. The Morgan fingerprint density at radius 3 is 2.15 bits per heavy atom. The number of hydrogen-bond donors (Lipinski definition) is 0. The van der Waals surface area contributed by atoms with Gasteiger partial charge in [-0.25, -0.2) is 4.79 Å². The zero-order valence-electron chi connectivity index (χ0n) is 7.72. The molecule has 0 aromatic rings. The van der Waals surface area contributed by atoms with E-state index in [4.69, 9.17) is 11.6 Å². The number of carbonyl (C=O) groups excluding carboxylic acids is 2. The number of halogens is 1. The third kappa shape index (κ3) is 3.94. The van der Waals surface area contributed by atoms with Crippen LogP contribution in [0.15, 0.2) is 10.6 Å². The smallest absolute Gasteiger partial charge is 0.334 e. The molecule has 0 amide bonds. The molecule has 0 fully saturated rings. The summed E-state index contributed by atoms with van der Waals surface area (Å²) in [6.45, 7) is 1.48. The summed E-state index contributed by atoms with van der Waals surface area (Å²) in [5.74, 6) is -1.04. The highest BCUT2D eigenvalue weighted by molar-refractivity contribution is 6.32. The normalized spacial score (nSPS) is 11.7. The minimum Gasteiger partial charge on any atom is -0.469 e. The Bertz CT molecular complexity index is 245. The third-order valence-electron chi connectivity index (χ3n) is 1.43. The first-order valence-corrected chi connectivity index (χ1v) is 3.91. The lowest BCUT2D eigenvalue weighted by Crippen LogP contribution is -2.06. The highest BCUT2D eigenvalue weighted by Gasteiger charge is 2.12. The van der Waals surface area contributed by atoms with Gasteiger partial charge in [-0.1, -0.05) is 11.6 Å². The van der Waals surface area contributed by atoms with Crippen molar-refractivity contribution in [2.45, 2.75) is 13.3 Å². The minimum absolute atomic E-state index is 0.112. The number of ether oxygens (including phenoxy) is 2. The Morgan fingerprint density at radius 2 is 1.77 bits per heavy atom. The molecule has 74 valence electrons. The lowest BCUT2D eigenvalue weighted by atomic mass is 10.2. The maximum absolute atomic E-state index is 10.9. The molecule has 0 aliphatic rings. The predicted octanol–water partition coefficient (Wildman–Crippen LogP) is 1.24. The second kappa shape index (κ2) is 5.59. The molecule has 0 saturated heterocycles. The van der Waals surface area contributed by atoms with Gasteiger partial charge < -0.3 is 9.47 Å². The highest BCUT2D eigenvalue weighted by atomic mass is 35.5. The van der Waals surface area contributed by atoms with Gasteiger partial charge in [0.1, 0.15) is 0 Å². The monoisotopic (exact) mass is 206 g/mol. The maximum Gasteiger partial charge on any atom is 0.334 e. The molecular weight excluding hydrogens is 196 g/mol. The second-order valence-corrected chi connectivity index (χ2v) is 2.73. The van der Waals surface area contributed by atoms with E-state index in [0.717, 1.165) is 0 Å².